The molecule has 0 aromatic heterocycles. The first-order chi connectivity index (χ1) is 33.2. The molecule has 12 heteroatoms. The number of rotatable bonds is 46. The third kappa shape index (κ3) is 47.2. The zero-order valence-electron chi connectivity index (χ0n) is 42.3. The van der Waals surface area contributed by atoms with Crippen molar-refractivity contribution in [3.8, 4) is 0 Å². The molecule has 0 bridgehead atoms. The van der Waals surface area contributed by atoms with Crippen LogP contribution in [0.2, 0.25) is 0 Å². The van der Waals surface area contributed by atoms with Crippen molar-refractivity contribution in [1.29, 1.82) is 0 Å². The second-order valence-corrected chi connectivity index (χ2v) is 18.0. The van der Waals surface area contributed by atoms with Crippen molar-refractivity contribution in [1.82, 2.24) is 0 Å². The van der Waals surface area contributed by atoms with E-state index in [1.807, 2.05) is 12.2 Å². The van der Waals surface area contributed by atoms with Gasteiger partial charge in [-0.05, 0) is 89.9 Å². The van der Waals surface area contributed by atoms with Gasteiger partial charge in [0.25, 0.3) is 0 Å². The molecule has 0 radical (unpaired) electrons. The fraction of sp³-hybridized carbons (Fsp3) is 0.625. The molecule has 0 aliphatic carbocycles. The Bertz CT molecular complexity index is 1550. The highest BCUT2D eigenvalue weighted by Gasteiger charge is 2.28. The average Bonchev–Trinajstić information content (AvgIpc) is 3.32. The lowest BCUT2D eigenvalue weighted by atomic mass is 10.1. The van der Waals surface area contributed by atoms with Crippen molar-refractivity contribution in [2.45, 2.75) is 200 Å². The minimum Gasteiger partial charge on any atom is -0.462 e. The number of hydrogen-bond acceptors (Lipinski definition) is 10. The van der Waals surface area contributed by atoms with Crippen molar-refractivity contribution < 1.29 is 52.2 Å². The lowest BCUT2D eigenvalue weighted by Crippen LogP contribution is -2.30. The Balaban J connectivity index is 4.88. The van der Waals surface area contributed by atoms with Gasteiger partial charge >= 0.3 is 25.7 Å². The quantitative estimate of drug-likeness (QED) is 0.0197. The molecule has 0 heterocycles. The van der Waals surface area contributed by atoms with Crippen LogP contribution in [0.3, 0.4) is 0 Å². The van der Waals surface area contributed by atoms with Crippen molar-refractivity contribution in [2.24, 2.45) is 0 Å². The van der Waals surface area contributed by atoms with Crippen LogP contribution in [0.25, 0.3) is 0 Å². The number of esters is 3. The summed E-state index contributed by atoms with van der Waals surface area (Å²) < 4.78 is 39.2. The number of hydrogen-bond donors (Lipinski definition) is 2. The molecule has 3 unspecified atom stereocenters. The highest BCUT2D eigenvalue weighted by Crippen LogP contribution is 2.43. The summed E-state index contributed by atoms with van der Waals surface area (Å²) in [5.74, 6) is -1.62. The van der Waals surface area contributed by atoms with Crippen molar-refractivity contribution >= 4 is 25.7 Å². The van der Waals surface area contributed by atoms with Crippen LogP contribution in [0.1, 0.15) is 188 Å². The molecule has 0 saturated carbocycles. The molecule has 0 rings (SSSR count). The first-order valence-electron chi connectivity index (χ1n) is 25.8. The predicted molar refractivity (Wildman–Crippen MR) is 279 cm³/mol. The van der Waals surface area contributed by atoms with E-state index in [0.29, 0.717) is 19.3 Å². The van der Waals surface area contributed by atoms with Crippen LogP contribution in [0.5, 0.6) is 0 Å². The Morgan fingerprint density at radius 3 is 1.26 bits per heavy atom. The van der Waals surface area contributed by atoms with Crippen LogP contribution in [0.4, 0.5) is 0 Å². The normalized spacial score (nSPS) is 14.4. The van der Waals surface area contributed by atoms with E-state index < -0.39 is 57.8 Å². The molecule has 0 aromatic rings. The predicted octanol–water partition coefficient (Wildman–Crippen LogP) is 14.7. The van der Waals surface area contributed by atoms with Gasteiger partial charge < -0.3 is 24.2 Å². The standard InChI is InChI=1S/C56H91O11P/c1-4-7-10-13-16-19-21-23-24-25-26-27-28-30-31-34-36-39-42-45-54(58)63-49-53(67-56(60)47-44-41-38-35-32-29-22-20-17-14-11-8-5-2)51-65-68(61,62)64-50-52(48-57)66-55(59)46-43-40-37-33-18-15-12-9-6-3/h7-8,10-11,16-17,19-20,23-24,26-27,29-32,38,41,52-53,57H,4-6,9,12-15,18,21-22,25,28,33-37,39-40,42-51H2,1-3H3,(H,61,62)/b10-7-,11-8-,19-16-,20-17-,24-23-,27-26-,31-30-,32-29-,41-38-. The molecular formula is C56H91O11P. The molecular weight excluding hydrogens is 880 g/mol. The Morgan fingerprint density at radius 1 is 0.426 bits per heavy atom. The monoisotopic (exact) mass is 971 g/mol. The fourth-order valence-corrected chi connectivity index (χ4v) is 7.12. The Kier molecular flexibility index (Phi) is 46.7. The Labute approximate surface area is 412 Å². The third-order valence-corrected chi connectivity index (χ3v) is 11.2. The maximum atomic E-state index is 12.8. The van der Waals surface area contributed by atoms with E-state index in [9.17, 15) is 28.9 Å². The van der Waals surface area contributed by atoms with E-state index in [0.717, 1.165) is 96.3 Å². The third-order valence-electron chi connectivity index (χ3n) is 10.2. The molecule has 0 fully saturated rings. The number of phosphoric acid groups is 1. The summed E-state index contributed by atoms with van der Waals surface area (Å²) >= 11 is 0. The number of aliphatic hydroxyl groups excluding tert-OH is 1. The summed E-state index contributed by atoms with van der Waals surface area (Å²) in [6.45, 7) is 4.23. The topological polar surface area (TPSA) is 155 Å². The molecule has 3 atom stereocenters. The summed E-state index contributed by atoms with van der Waals surface area (Å²) in [6.07, 6.45) is 58.0. The van der Waals surface area contributed by atoms with Gasteiger partial charge in [-0.1, -0.05) is 188 Å². The number of phosphoric ester groups is 1. The minimum atomic E-state index is -4.77. The Morgan fingerprint density at radius 2 is 0.794 bits per heavy atom. The molecule has 68 heavy (non-hydrogen) atoms. The fourth-order valence-electron chi connectivity index (χ4n) is 6.34. The van der Waals surface area contributed by atoms with Gasteiger partial charge in [-0.25, -0.2) is 4.57 Å². The molecule has 11 nitrogen and oxygen atoms in total. The second kappa shape index (κ2) is 49.6. The molecule has 0 saturated heterocycles. The highest BCUT2D eigenvalue weighted by atomic mass is 31.2. The van der Waals surface area contributed by atoms with Crippen LogP contribution < -0.4 is 0 Å². The van der Waals surface area contributed by atoms with Crippen molar-refractivity contribution in [2.75, 3.05) is 26.4 Å². The Hall–Kier alpha value is -3.86. The van der Waals surface area contributed by atoms with E-state index in [2.05, 4.69) is 118 Å². The molecule has 0 aromatic carbocycles. The average molecular weight is 971 g/mol. The van der Waals surface area contributed by atoms with E-state index in [1.165, 1.54) is 32.1 Å². The number of ether oxygens (including phenoxy) is 3. The first-order valence-corrected chi connectivity index (χ1v) is 27.3. The van der Waals surface area contributed by atoms with Crippen LogP contribution in [0.15, 0.2) is 109 Å². The largest absolute Gasteiger partial charge is 0.472 e. The second-order valence-electron chi connectivity index (χ2n) is 16.6. The maximum absolute atomic E-state index is 12.8. The van der Waals surface area contributed by atoms with Gasteiger partial charge in [-0.3, -0.25) is 23.4 Å². The number of unbranched alkanes of at least 4 members (excludes halogenated alkanes) is 11. The number of aliphatic hydroxyl groups is 1. The van der Waals surface area contributed by atoms with Crippen molar-refractivity contribution in [3.05, 3.63) is 109 Å². The SMILES string of the molecule is CC/C=C\C/C=C\C/C=C\C/C=C\C/C=C\CCCCCC(=O)OCC(COP(=O)(O)OCC(CO)OC(=O)CCCCCCCCCCC)OC(=O)CC/C=C\C/C=C\C/C=C\C/C=C\CC. The van der Waals surface area contributed by atoms with E-state index in [-0.39, 0.29) is 25.9 Å². The zero-order chi connectivity index (χ0) is 49.9. The molecule has 0 aliphatic heterocycles. The van der Waals surface area contributed by atoms with E-state index in [1.54, 1.807) is 0 Å². The van der Waals surface area contributed by atoms with Gasteiger partial charge in [0.1, 0.15) is 12.7 Å². The zero-order valence-corrected chi connectivity index (χ0v) is 43.2. The van der Waals surface area contributed by atoms with E-state index in [4.69, 9.17) is 23.3 Å². The van der Waals surface area contributed by atoms with Gasteiger partial charge in [0, 0.05) is 19.3 Å². The van der Waals surface area contributed by atoms with Crippen LogP contribution >= 0.6 is 7.82 Å². The van der Waals surface area contributed by atoms with Gasteiger partial charge in [0.05, 0.1) is 19.8 Å². The summed E-state index contributed by atoms with van der Waals surface area (Å²) in [6, 6.07) is 0. The van der Waals surface area contributed by atoms with Crippen LogP contribution in [0, 0.1) is 0 Å². The lowest BCUT2D eigenvalue weighted by Gasteiger charge is -2.21. The number of carbonyl (C=O) groups is 3. The highest BCUT2D eigenvalue weighted by molar-refractivity contribution is 7.47. The van der Waals surface area contributed by atoms with Gasteiger partial charge in [-0.2, -0.15) is 0 Å². The molecule has 2 N–H and O–H groups in total. The summed E-state index contributed by atoms with van der Waals surface area (Å²) in [5, 5.41) is 9.74. The first kappa shape index (κ1) is 64.1. The summed E-state index contributed by atoms with van der Waals surface area (Å²) in [5.41, 5.74) is 0. The summed E-state index contributed by atoms with van der Waals surface area (Å²) in [4.78, 5) is 48.2. The van der Waals surface area contributed by atoms with Crippen LogP contribution in [-0.2, 0) is 42.2 Å². The molecule has 386 valence electrons. The molecule has 0 spiro atoms. The van der Waals surface area contributed by atoms with Crippen molar-refractivity contribution in [3.63, 3.8) is 0 Å². The minimum absolute atomic E-state index is 0.0342. The van der Waals surface area contributed by atoms with Gasteiger partial charge in [-0.15, -0.1) is 0 Å². The maximum Gasteiger partial charge on any atom is 0.472 e. The number of allylic oxidation sites excluding steroid dienone is 18. The lowest BCUT2D eigenvalue weighted by molar-refractivity contribution is -0.161. The summed E-state index contributed by atoms with van der Waals surface area (Å²) in [7, 11) is -4.77. The molecule has 0 aliphatic rings. The van der Waals surface area contributed by atoms with Gasteiger partial charge in [0.15, 0.2) is 6.10 Å². The number of carbonyl (C=O) groups excluding carboxylic acids is 3. The van der Waals surface area contributed by atoms with E-state index >= 15 is 0 Å². The van der Waals surface area contributed by atoms with Gasteiger partial charge in [0.2, 0.25) is 0 Å². The van der Waals surface area contributed by atoms with Crippen LogP contribution in [-0.4, -0.2) is 66.5 Å². The molecule has 0 amide bonds. The smallest absolute Gasteiger partial charge is 0.462 e.